The number of ether oxygens (including phenoxy) is 1. The fourth-order valence-electron chi connectivity index (χ4n) is 6.97. The van der Waals surface area contributed by atoms with Crippen molar-refractivity contribution in [3.8, 4) is 0 Å². The first-order valence-corrected chi connectivity index (χ1v) is 15.7. The topological polar surface area (TPSA) is 135 Å². The van der Waals surface area contributed by atoms with Crippen LogP contribution < -0.4 is 10.6 Å². The van der Waals surface area contributed by atoms with Crippen LogP contribution in [0.1, 0.15) is 29.5 Å². The standard InChI is InChI=1S/C32H36F5N5O6/c33-21-6-3-18(9-22(21)34)14-40-7-8-41-16-24(40)30(46)38-12-26-29(45)28(44)25(48-26)11-27(43)39-20-10-23(31(41)47)42(15-20)13-17-1-4-19(5-2-17)32(35,36)37/h1-6,9,20,23-26,28-29,44-45H,7-8,10-16H2,(H,38,46)(H,39,43)/t20-,23-,24-,25-,26+,28-,29+/m0/s1. The van der Waals surface area contributed by atoms with E-state index in [9.17, 15) is 46.5 Å². The number of likely N-dealkylation sites (tertiary alicyclic amines) is 1. The number of benzene rings is 2. The molecule has 4 aliphatic heterocycles. The summed E-state index contributed by atoms with van der Waals surface area (Å²) in [6.07, 6.45) is -9.51. The number of hydrogen-bond donors (Lipinski definition) is 4. The number of nitrogens with zero attached hydrogens (tertiary/aromatic N) is 3. The van der Waals surface area contributed by atoms with Gasteiger partial charge in [0.15, 0.2) is 11.6 Å². The van der Waals surface area contributed by atoms with Crippen molar-refractivity contribution < 1.29 is 51.3 Å². The molecule has 6 rings (SSSR count). The fraction of sp³-hybridized carbons (Fsp3) is 0.531. The number of aliphatic hydroxyl groups excluding tert-OH is 2. The van der Waals surface area contributed by atoms with Gasteiger partial charge in [0.2, 0.25) is 17.7 Å². The number of amides is 3. The second kappa shape index (κ2) is 13.7. The molecule has 0 radical (unpaired) electrons. The summed E-state index contributed by atoms with van der Waals surface area (Å²) in [5, 5.41) is 26.8. The van der Waals surface area contributed by atoms with Crippen molar-refractivity contribution in [2.75, 3.05) is 32.7 Å². The van der Waals surface area contributed by atoms with Crippen LogP contribution in [0.15, 0.2) is 42.5 Å². The second-order valence-electron chi connectivity index (χ2n) is 12.8. The average molecular weight is 682 g/mol. The smallest absolute Gasteiger partial charge is 0.388 e. The molecule has 0 aliphatic carbocycles. The third kappa shape index (κ3) is 7.32. The van der Waals surface area contributed by atoms with Crippen LogP contribution in [0.4, 0.5) is 22.0 Å². The van der Waals surface area contributed by atoms with Gasteiger partial charge < -0.3 is 30.5 Å². The molecule has 4 N–H and O–H groups in total. The zero-order chi connectivity index (χ0) is 34.3. The van der Waals surface area contributed by atoms with Crippen molar-refractivity contribution in [3.63, 3.8) is 0 Å². The molecule has 4 heterocycles. The predicted octanol–water partition coefficient (Wildman–Crippen LogP) is 0.765. The fourth-order valence-corrected chi connectivity index (χ4v) is 6.97. The molecule has 48 heavy (non-hydrogen) atoms. The van der Waals surface area contributed by atoms with Gasteiger partial charge in [-0.25, -0.2) is 8.78 Å². The highest BCUT2D eigenvalue weighted by Crippen LogP contribution is 2.31. The summed E-state index contributed by atoms with van der Waals surface area (Å²) >= 11 is 0. The lowest BCUT2D eigenvalue weighted by molar-refractivity contribution is -0.142. The van der Waals surface area contributed by atoms with Gasteiger partial charge in [-0.3, -0.25) is 24.2 Å². The van der Waals surface area contributed by atoms with Gasteiger partial charge in [0, 0.05) is 51.9 Å². The number of alkyl halides is 3. The van der Waals surface area contributed by atoms with Crippen LogP contribution in [0.3, 0.4) is 0 Å². The SMILES string of the molecule is O=C1C[C@@H]2O[C@H](CNC(=O)[C@@H]3CN(CCN3Cc3ccc(F)c(F)c3)C(=O)[C@@H]3C[C@@H](CN3Cc3ccc(C(F)(F)F)cc3)N1)[C@@H](O)[C@H]2O. The Morgan fingerprint density at radius 3 is 2.23 bits per heavy atom. The summed E-state index contributed by atoms with van der Waals surface area (Å²) in [5.41, 5.74) is 0.123. The third-order valence-corrected chi connectivity index (χ3v) is 9.52. The zero-order valence-corrected chi connectivity index (χ0v) is 25.7. The lowest BCUT2D eigenvalue weighted by Gasteiger charge is -2.42. The summed E-state index contributed by atoms with van der Waals surface area (Å²) in [6.45, 7) is 0.477. The van der Waals surface area contributed by atoms with Gasteiger partial charge in [-0.1, -0.05) is 18.2 Å². The van der Waals surface area contributed by atoms with Crippen molar-refractivity contribution in [3.05, 3.63) is 70.8 Å². The lowest BCUT2D eigenvalue weighted by Crippen LogP contribution is -2.62. The highest BCUT2D eigenvalue weighted by molar-refractivity contribution is 5.86. The first kappa shape index (κ1) is 34.2. The zero-order valence-electron chi connectivity index (χ0n) is 25.7. The van der Waals surface area contributed by atoms with Crippen molar-refractivity contribution in [1.29, 1.82) is 0 Å². The van der Waals surface area contributed by atoms with Crippen molar-refractivity contribution in [1.82, 2.24) is 25.3 Å². The van der Waals surface area contributed by atoms with E-state index in [1.165, 1.54) is 23.1 Å². The molecule has 0 unspecified atom stereocenters. The van der Waals surface area contributed by atoms with E-state index in [1.807, 2.05) is 0 Å². The van der Waals surface area contributed by atoms with Crippen LogP contribution in [-0.4, -0.2) is 118 Å². The molecule has 11 nitrogen and oxygen atoms in total. The summed E-state index contributed by atoms with van der Waals surface area (Å²) in [4.78, 5) is 45.8. The van der Waals surface area contributed by atoms with E-state index in [0.717, 1.165) is 24.3 Å². The van der Waals surface area contributed by atoms with E-state index < -0.39 is 77.7 Å². The Balaban J connectivity index is 1.27. The van der Waals surface area contributed by atoms with Crippen molar-refractivity contribution in [2.45, 2.75) is 74.6 Å². The van der Waals surface area contributed by atoms with E-state index in [1.54, 1.807) is 9.80 Å². The van der Waals surface area contributed by atoms with Gasteiger partial charge in [0.25, 0.3) is 0 Å². The minimum Gasteiger partial charge on any atom is -0.388 e. The van der Waals surface area contributed by atoms with Crippen LogP contribution in [0, 0.1) is 11.6 Å². The molecule has 4 aliphatic rings. The van der Waals surface area contributed by atoms with Crippen LogP contribution in [0.2, 0.25) is 0 Å². The van der Waals surface area contributed by atoms with Gasteiger partial charge in [-0.05, 0) is 41.8 Å². The third-order valence-electron chi connectivity index (χ3n) is 9.52. The number of nitrogens with one attached hydrogen (secondary N) is 2. The number of carbonyl (C=O) groups excluding carboxylic acids is 3. The number of aliphatic hydroxyl groups is 2. The predicted molar refractivity (Wildman–Crippen MR) is 158 cm³/mol. The highest BCUT2D eigenvalue weighted by Gasteiger charge is 2.46. The van der Waals surface area contributed by atoms with Gasteiger partial charge in [0.1, 0.15) is 24.4 Å². The Kier molecular flexibility index (Phi) is 9.73. The maximum atomic E-state index is 14.1. The number of hydrogen-bond acceptors (Lipinski definition) is 8. The molecule has 4 fully saturated rings. The lowest BCUT2D eigenvalue weighted by atomic mass is 10.0. The van der Waals surface area contributed by atoms with E-state index in [-0.39, 0.29) is 64.6 Å². The van der Waals surface area contributed by atoms with E-state index in [4.69, 9.17) is 4.74 Å². The Morgan fingerprint density at radius 1 is 0.833 bits per heavy atom. The van der Waals surface area contributed by atoms with Gasteiger partial charge in [0.05, 0.1) is 24.1 Å². The van der Waals surface area contributed by atoms with Gasteiger partial charge in [-0.15, -0.1) is 0 Å². The Morgan fingerprint density at radius 2 is 1.52 bits per heavy atom. The molecule has 2 aromatic rings. The number of halogens is 5. The van der Waals surface area contributed by atoms with Crippen molar-refractivity contribution >= 4 is 17.7 Å². The Labute approximate surface area is 272 Å². The monoisotopic (exact) mass is 681 g/mol. The molecular formula is C32H36F5N5O6. The Hall–Kier alpha value is -3.70. The molecule has 3 amide bonds. The van der Waals surface area contributed by atoms with E-state index >= 15 is 0 Å². The highest BCUT2D eigenvalue weighted by atomic mass is 19.4. The summed E-state index contributed by atoms with van der Waals surface area (Å²) in [6, 6.07) is 5.78. The van der Waals surface area contributed by atoms with Crippen LogP contribution in [-0.2, 0) is 38.4 Å². The molecule has 0 saturated carbocycles. The molecule has 6 bridgehead atoms. The molecular weight excluding hydrogens is 645 g/mol. The molecule has 0 aromatic heterocycles. The maximum Gasteiger partial charge on any atom is 0.416 e. The maximum absolute atomic E-state index is 14.1. The first-order valence-electron chi connectivity index (χ1n) is 15.7. The van der Waals surface area contributed by atoms with E-state index in [2.05, 4.69) is 10.6 Å². The molecule has 7 atom stereocenters. The number of carbonyl (C=O) groups is 3. The normalized spacial score (nSPS) is 30.8. The van der Waals surface area contributed by atoms with E-state index in [0.29, 0.717) is 11.1 Å². The van der Waals surface area contributed by atoms with Gasteiger partial charge in [-0.2, -0.15) is 13.2 Å². The number of fused-ring (bicyclic) bond motifs is 6. The molecule has 0 spiro atoms. The second-order valence-corrected chi connectivity index (χ2v) is 12.8. The number of piperazine rings is 1. The average Bonchev–Trinajstić information content (AvgIpc) is 3.55. The Bertz CT molecular complexity index is 1530. The first-order chi connectivity index (χ1) is 22.8. The molecule has 16 heteroatoms. The minimum absolute atomic E-state index is 0.0677. The van der Waals surface area contributed by atoms with Crippen LogP contribution in [0.25, 0.3) is 0 Å². The van der Waals surface area contributed by atoms with Crippen LogP contribution in [0.5, 0.6) is 0 Å². The molecule has 4 saturated heterocycles. The summed E-state index contributed by atoms with van der Waals surface area (Å²) < 4.78 is 72.9. The van der Waals surface area contributed by atoms with Gasteiger partial charge >= 0.3 is 6.18 Å². The summed E-state index contributed by atoms with van der Waals surface area (Å²) in [5.74, 6) is -3.40. The molecule has 260 valence electrons. The number of rotatable bonds is 4. The summed E-state index contributed by atoms with van der Waals surface area (Å²) in [7, 11) is 0. The quantitative estimate of drug-likeness (QED) is 0.348. The van der Waals surface area contributed by atoms with Crippen molar-refractivity contribution in [2.24, 2.45) is 0 Å². The van der Waals surface area contributed by atoms with Crippen LogP contribution >= 0.6 is 0 Å². The largest absolute Gasteiger partial charge is 0.416 e. The minimum atomic E-state index is -4.51. The molecule has 2 aromatic carbocycles.